The summed E-state index contributed by atoms with van der Waals surface area (Å²) in [5.41, 5.74) is 2.13. The average Bonchev–Trinajstić information content (AvgIpc) is 2.49. The lowest BCUT2D eigenvalue weighted by Crippen LogP contribution is -2.56. The maximum Gasteiger partial charge on any atom is 0.328 e. The minimum Gasteiger partial charge on any atom is -0.495 e. The van der Waals surface area contributed by atoms with Crippen molar-refractivity contribution in [3.05, 3.63) is 23.8 Å². The third-order valence-electron chi connectivity index (χ3n) is 4.65. The first-order chi connectivity index (χ1) is 10.4. The van der Waals surface area contributed by atoms with Crippen molar-refractivity contribution in [2.24, 2.45) is 0 Å². The molecule has 0 fully saturated rings. The molecule has 0 radical (unpaired) electrons. The summed E-state index contributed by atoms with van der Waals surface area (Å²) >= 11 is 0. The van der Waals surface area contributed by atoms with E-state index >= 15 is 0 Å². The van der Waals surface area contributed by atoms with Gasteiger partial charge < -0.3 is 14.4 Å². The van der Waals surface area contributed by atoms with Crippen molar-refractivity contribution in [2.75, 3.05) is 19.1 Å². The molecule has 1 heterocycles. The molecular formula is C18H27NO3. The molecule has 1 aromatic rings. The summed E-state index contributed by atoms with van der Waals surface area (Å²) in [6.07, 6.45) is 1.68. The second-order valence-corrected chi connectivity index (χ2v) is 6.63. The minimum absolute atomic E-state index is 0.143. The topological polar surface area (TPSA) is 38.8 Å². The van der Waals surface area contributed by atoms with Crippen molar-refractivity contribution in [2.45, 2.75) is 58.0 Å². The van der Waals surface area contributed by atoms with Gasteiger partial charge in [0.25, 0.3) is 0 Å². The predicted molar refractivity (Wildman–Crippen MR) is 88.7 cm³/mol. The van der Waals surface area contributed by atoms with E-state index in [1.165, 1.54) is 12.7 Å². The molecule has 0 saturated heterocycles. The van der Waals surface area contributed by atoms with Gasteiger partial charge in [-0.1, -0.05) is 26.0 Å². The summed E-state index contributed by atoms with van der Waals surface area (Å²) in [5.74, 6) is 1.05. The number of hydrogen-bond donors (Lipinski definition) is 0. The molecule has 0 aromatic heterocycles. The first-order valence-corrected chi connectivity index (χ1v) is 7.91. The van der Waals surface area contributed by atoms with Crippen LogP contribution in [0.15, 0.2) is 18.2 Å². The third kappa shape index (κ3) is 2.67. The van der Waals surface area contributed by atoms with Crippen molar-refractivity contribution < 1.29 is 14.3 Å². The van der Waals surface area contributed by atoms with E-state index in [1.54, 1.807) is 7.11 Å². The van der Waals surface area contributed by atoms with Gasteiger partial charge in [0.1, 0.15) is 11.8 Å². The van der Waals surface area contributed by atoms with Crippen molar-refractivity contribution in [1.82, 2.24) is 0 Å². The van der Waals surface area contributed by atoms with Crippen molar-refractivity contribution in [3.63, 3.8) is 0 Å². The van der Waals surface area contributed by atoms with E-state index in [2.05, 4.69) is 31.7 Å². The maximum atomic E-state index is 12.3. The summed E-state index contributed by atoms with van der Waals surface area (Å²) in [6, 6.07) is 5.81. The van der Waals surface area contributed by atoms with Crippen LogP contribution in [0.3, 0.4) is 0 Å². The number of hydrogen-bond acceptors (Lipinski definition) is 4. The van der Waals surface area contributed by atoms with Gasteiger partial charge in [0.15, 0.2) is 0 Å². The number of anilines is 1. The SMILES string of the molecule is CC[C@H](C(=O)OC)N1c2c(OC)cccc2[C@@H](C)CC1(C)C. The van der Waals surface area contributed by atoms with E-state index in [1.807, 2.05) is 19.1 Å². The van der Waals surface area contributed by atoms with Gasteiger partial charge in [0, 0.05) is 5.54 Å². The molecule has 1 aliphatic rings. The molecule has 0 spiro atoms. The van der Waals surface area contributed by atoms with Crippen LogP contribution < -0.4 is 9.64 Å². The number of methoxy groups -OCH3 is 2. The average molecular weight is 305 g/mol. The Morgan fingerprint density at radius 1 is 1.41 bits per heavy atom. The van der Waals surface area contributed by atoms with E-state index in [0.29, 0.717) is 12.3 Å². The number of esters is 1. The molecule has 1 aliphatic heterocycles. The van der Waals surface area contributed by atoms with Crippen LogP contribution in [0.1, 0.15) is 52.0 Å². The number of fused-ring (bicyclic) bond motifs is 1. The fourth-order valence-corrected chi connectivity index (χ4v) is 3.79. The number of carbonyl (C=O) groups is 1. The molecule has 0 saturated carbocycles. The highest BCUT2D eigenvalue weighted by Gasteiger charge is 2.43. The van der Waals surface area contributed by atoms with Crippen LogP contribution >= 0.6 is 0 Å². The minimum atomic E-state index is -0.303. The van der Waals surface area contributed by atoms with Gasteiger partial charge in [-0.3, -0.25) is 0 Å². The molecule has 2 rings (SSSR count). The van der Waals surface area contributed by atoms with E-state index < -0.39 is 0 Å². The Hall–Kier alpha value is -1.71. The van der Waals surface area contributed by atoms with E-state index in [4.69, 9.17) is 9.47 Å². The standard InChI is InChI=1S/C18H27NO3/c1-7-14(17(20)22-6)19-16-13(9-8-10-15(16)21-5)12(2)11-18(19,3)4/h8-10,12,14H,7,11H2,1-6H3/t12-,14+/m0/s1. The first-order valence-electron chi connectivity index (χ1n) is 7.91. The Morgan fingerprint density at radius 2 is 2.09 bits per heavy atom. The van der Waals surface area contributed by atoms with E-state index in [9.17, 15) is 4.79 Å². The van der Waals surface area contributed by atoms with Crippen molar-refractivity contribution in [3.8, 4) is 5.75 Å². The lowest BCUT2D eigenvalue weighted by molar-refractivity contribution is -0.142. The van der Waals surface area contributed by atoms with Gasteiger partial charge in [-0.05, 0) is 44.2 Å². The number of benzene rings is 1. The molecule has 0 unspecified atom stereocenters. The Kier molecular flexibility index (Phi) is 4.69. The van der Waals surface area contributed by atoms with Crippen LogP contribution in [0, 0.1) is 0 Å². The zero-order valence-corrected chi connectivity index (χ0v) is 14.5. The normalized spacial score (nSPS) is 21.0. The molecule has 4 heteroatoms. The molecule has 1 aromatic carbocycles. The van der Waals surface area contributed by atoms with Crippen LogP contribution in [-0.4, -0.2) is 31.8 Å². The molecule has 0 bridgehead atoms. The summed E-state index contributed by atoms with van der Waals surface area (Å²) in [6.45, 7) is 8.62. The number of ether oxygens (including phenoxy) is 2. The smallest absolute Gasteiger partial charge is 0.328 e. The number of carbonyl (C=O) groups excluding carboxylic acids is 1. The lowest BCUT2D eigenvalue weighted by Gasteiger charge is -2.50. The number of nitrogens with zero attached hydrogens (tertiary/aromatic N) is 1. The van der Waals surface area contributed by atoms with Crippen LogP contribution in [0.4, 0.5) is 5.69 Å². The third-order valence-corrected chi connectivity index (χ3v) is 4.65. The first kappa shape index (κ1) is 16.7. The van der Waals surface area contributed by atoms with Crippen LogP contribution in [0.5, 0.6) is 5.75 Å². The maximum absolute atomic E-state index is 12.3. The summed E-state index contributed by atoms with van der Waals surface area (Å²) in [7, 11) is 3.13. The summed E-state index contributed by atoms with van der Waals surface area (Å²) in [4.78, 5) is 14.5. The molecule has 122 valence electrons. The van der Waals surface area contributed by atoms with Gasteiger partial charge in [0.2, 0.25) is 0 Å². The van der Waals surface area contributed by atoms with Crippen LogP contribution in [0.25, 0.3) is 0 Å². The Bertz CT molecular complexity index is 553. The highest BCUT2D eigenvalue weighted by Crippen LogP contribution is 2.49. The molecular weight excluding hydrogens is 278 g/mol. The molecule has 0 N–H and O–H groups in total. The van der Waals surface area contributed by atoms with Gasteiger partial charge in [0.05, 0.1) is 19.9 Å². The summed E-state index contributed by atoms with van der Waals surface area (Å²) in [5, 5.41) is 0. The van der Waals surface area contributed by atoms with Gasteiger partial charge in [-0.2, -0.15) is 0 Å². The fourth-order valence-electron chi connectivity index (χ4n) is 3.79. The van der Waals surface area contributed by atoms with Gasteiger partial charge >= 0.3 is 5.97 Å². The zero-order chi connectivity index (χ0) is 16.5. The van der Waals surface area contributed by atoms with Crippen LogP contribution in [0.2, 0.25) is 0 Å². The lowest BCUT2D eigenvalue weighted by atomic mass is 9.78. The molecule has 0 aliphatic carbocycles. The highest BCUT2D eigenvalue weighted by molar-refractivity contribution is 5.83. The van der Waals surface area contributed by atoms with Crippen molar-refractivity contribution in [1.29, 1.82) is 0 Å². The Balaban J connectivity index is 2.65. The summed E-state index contributed by atoms with van der Waals surface area (Å²) < 4.78 is 10.6. The quantitative estimate of drug-likeness (QED) is 0.794. The predicted octanol–water partition coefficient (Wildman–Crippen LogP) is 3.74. The molecule has 0 amide bonds. The largest absolute Gasteiger partial charge is 0.495 e. The van der Waals surface area contributed by atoms with E-state index in [-0.39, 0.29) is 17.6 Å². The number of rotatable bonds is 4. The molecule has 4 nitrogen and oxygen atoms in total. The molecule has 2 atom stereocenters. The second kappa shape index (κ2) is 6.19. The fraction of sp³-hybridized carbons (Fsp3) is 0.611. The Morgan fingerprint density at radius 3 is 2.64 bits per heavy atom. The van der Waals surface area contributed by atoms with Crippen molar-refractivity contribution >= 4 is 11.7 Å². The highest BCUT2D eigenvalue weighted by atomic mass is 16.5. The Labute approximate surface area is 133 Å². The van der Waals surface area contributed by atoms with Gasteiger partial charge in [-0.15, -0.1) is 0 Å². The number of para-hydroxylation sites is 1. The van der Waals surface area contributed by atoms with E-state index in [0.717, 1.165) is 17.9 Å². The second-order valence-electron chi connectivity index (χ2n) is 6.63. The zero-order valence-electron chi connectivity index (χ0n) is 14.5. The molecule has 22 heavy (non-hydrogen) atoms. The monoisotopic (exact) mass is 305 g/mol. The van der Waals surface area contributed by atoms with Gasteiger partial charge in [-0.25, -0.2) is 4.79 Å². The van der Waals surface area contributed by atoms with Crippen LogP contribution in [-0.2, 0) is 9.53 Å².